The van der Waals surface area contributed by atoms with E-state index in [0.29, 0.717) is 49.9 Å². The number of sulfone groups is 1. The van der Waals surface area contributed by atoms with E-state index < -0.39 is 21.7 Å². The van der Waals surface area contributed by atoms with Gasteiger partial charge in [0.25, 0.3) is 0 Å². The van der Waals surface area contributed by atoms with Crippen molar-refractivity contribution in [3.8, 4) is 5.69 Å². The van der Waals surface area contributed by atoms with Crippen molar-refractivity contribution in [2.75, 3.05) is 29.5 Å². The normalized spacial score (nSPS) is 20.7. The Labute approximate surface area is 217 Å². The number of rotatable bonds is 3. The molecule has 0 atom stereocenters. The van der Waals surface area contributed by atoms with Crippen LogP contribution in [0.25, 0.3) is 5.69 Å². The molecule has 0 saturated carbocycles. The predicted molar refractivity (Wildman–Crippen MR) is 131 cm³/mol. The molecule has 13 heteroatoms. The van der Waals surface area contributed by atoms with Crippen molar-refractivity contribution in [3.63, 3.8) is 0 Å². The van der Waals surface area contributed by atoms with Crippen molar-refractivity contribution in [3.05, 3.63) is 64.3 Å². The second-order valence-corrected chi connectivity index (χ2v) is 12.4. The maximum Gasteiger partial charge on any atom is 0.433 e. The zero-order chi connectivity index (χ0) is 25.9. The van der Waals surface area contributed by atoms with E-state index in [9.17, 15) is 21.6 Å². The molecule has 5 heterocycles. The van der Waals surface area contributed by atoms with Gasteiger partial charge in [-0.25, -0.2) is 13.4 Å². The van der Waals surface area contributed by atoms with E-state index in [0.717, 1.165) is 29.0 Å². The molecule has 0 unspecified atom stereocenters. The summed E-state index contributed by atoms with van der Waals surface area (Å²) in [5.74, 6) is 2.18. The van der Waals surface area contributed by atoms with Crippen LogP contribution in [0.4, 0.5) is 19.0 Å². The smallest absolute Gasteiger partial charge is 0.357 e. The summed E-state index contributed by atoms with van der Waals surface area (Å²) in [5, 5.41) is 9.64. The van der Waals surface area contributed by atoms with Crippen LogP contribution < -0.4 is 4.90 Å². The molecule has 196 valence electrons. The topological polar surface area (TPSA) is 84.2 Å². The van der Waals surface area contributed by atoms with E-state index in [-0.39, 0.29) is 23.5 Å². The molecule has 0 bridgehead atoms. The summed E-state index contributed by atoms with van der Waals surface area (Å²) in [4.78, 5) is 7.83. The van der Waals surface area contributed by atoms with Crippen LogP contribution in [-0.4, -0.2) is 63.7 Å². The minimum absolute atomic E-state index is 0.0578. The van der Waals surface area contributed by atoms with Crippen LogP contribution in [-0.2, 0) is 29.1 Å². The number of benzene rings is 1. The van der Waals surface area contributed by atoms with E-state index in [1.165, 1.54) is 6.07 Å². The summed E-state index contributed by atoms with van der Waals surface area (Å²) >= 11 is 6.32. The Kier molecular flexibility index (Phi) is 5.96. The summed E-state index contributed by atoms with van der Waals surface area (Å²) < 4.78 is 65.1. The zero-order valence-electron chi connectivity index (χ0n) is 19.7. The molecule has 0 aliphatic carbocycles. The summed E-state index contributed by atoms with van der Waals surface area (Å²) in [6.07, 6.45) is -3.12. The molecule has 6 rings (SSSR count). The van der Waals surface area contributed by atoms with Crippen LogP contribution in [0.15, 0.2) is 36.4 Å². The third-order valence-corrected chi connectivity index (χ3v) is 9.39. The van der Waals surface area contributed by atoms with Gasteiger partial charge in [-0.3, -0.25) is 9.47 Å². The number of pyridine rings is 1. The lowest BCUT2D eigenvalue weighted by atomic mass is 9.95. The molecule has 3 aromatic rings. The molecular formula is C24H24ClF3N6O2S. The van der Waals surface area contributed by atoms with E-state index in [2.05, 4.69) is 24.6 Å². The average molecular weight is 553 g/mol. The monoisotopic (exact) mass is 552 g/mol. The van der Waals surface area contributed by atoms with Gasteiger partial charge in [-0.1, -0.05) is 17.7 Å². The van der Waals surface area contributed by atoms with Crippen LogP contribution in [0, 0.1) is 0 Å². The Bertz CT molecular complexity index is 1440. The third-order valence-electron chi connectivity index (χ3n) is 7.37. The quantitative estimate of drug-likeness (QED) is 0.488. The highest BCUT2D eigenvalue weighted by molar-refractivity contribution is 7.92. The van der Waals surface area contributed by atoms with Gasteiger partial charge in [0.05, 0.1) is 23.7 Å². The number of hydrogen-bond donors (Lipinski definition) is 0. The molecule has 1 aromatic carbocycles. The van der Waals surface area contributed by atoms with E-state index >= 15 is 0 Å². The standard InChI is InChI=1S/C24H24ClF3N6O2S/c25-17-4-5-19-16(10-17)11-33(18-13-37(35,36)14-18)12-22-30-31-23(34(19)22)15-6-8-32(9-7-15)21-3-1-2-20(29-21)24(26,27)28/h1-5,10,15,18H,6-9,11-14H2. The lowest BCUT2D eigenvalue weighted by Gasteiger charge is -2.35. The van der Waals surface area contributed by atoms with Gasteiger partial charge in [0.2, 0.25) is 0 Å². The second kappa shape index (κ2) is 8.95. The lowest BCUT2D eigenvalue weighted by Crippen LogP contribution is -2.52. The summed E-state index contributed by atoms with van der Waals surface area (Å²) in [7, 11) is -2.99. The molecule has 2 saturated heterocycles. The molecule has 0 spiro atoms. The first-order valence-electron chi connectivity index (χ1n) is 12.0. The maximum atomic E-state index is 13.1. The Balaban J connectivity index is 1.26. The molecule has 37 heavy (non-hydrogen) atoms. The van der Waals surface area contributed by atoms with Crippen LogP contribution in [0.5, 0.6) is 0 Å². The minimum Gasteiger partial charge on any atom is -0.357 e. The van der Waals surface area contributed by atoms with Gasteiger partial charge in [0, 0.05) is 36.6 Å². The van der Waals surface area contributed by atoms with Gasteiger partial charge in [-0.15, -0.1) is 10.2 Å². The van der Waals surface area contributed by atoms with Crippen LogP contribution in [0.1, 0.15) is 41.7 Å². The summed E-state index contributed by atoms with van der Waals surface area (Å²) in [6, 6.07) is 9.55. The van der Waals surface area contributed by atoms with Crippen molar-refractivity contribution >= 4 is 27.3 Å². The van der Waals surface area contributed by atoms with Gasteiger partial charge in [-0.05, 0) is 48.7 Å². The van der Waals surface area contributed by atoms with Crippen molar-refractivity contribution in [1.29, 1.82) is 0 Å². The summed E-state index contributed by atoms with van der Waals surface area (Å²) in [6.45, 7) is 2.10. The van der Waals surface area contributed by atoms with Crippen molar-refractivity contribution in [2.45, 2.75) is 44.1 Å². The van der Waals surface area contributed by atoms with Crippen molar-refractivity contribution in [2.24, 2.45) is 0 Å². The minimum atomic E-state index is -4.48. The third kappa shape index (κ3) is 4.70. The van der Waals surface area contributed by atoms with Crippen LogP contribution >= 0.6 is 11.6 Å². The van der Waals surface area contributed by atoms with Crippen molar-refractivity contribution < 1.29 is 21.6 Å². The Morgan fingerprint density at radius 3 is 2.46 bits per heavy atom. The largest absolute Gasteiger partial charge is 0.433 e. The first-order valence-corrected chi connectivity index (χ1v) is 14.2. The molecule has 0 amide bonds. The highest BCUT2D eigenvalue weighted by Gasteiger charge is 2.40. The molecule has 2 aromatic heterocycles. The molecule has 0 N–H and O–H groups in total. The molecule has 3 aliphatic rings. The average Bonchev–Trinajstić information content (AvgIpc) is 3.18. The van der Waals surface area contributed by atoms with E-state index in [4.69, 9.17) is 11.6 Å². The van der Waals surface area contributed by atoms with Gasteiger partial charge in [0.1, 0.15) is 17.3 Å². The predicted octanol–water partition coefficient (Wildman–Crippen LogP) is 3.83. The number of nitrogens with zero attached hydrogens (tertiary/aromatic N) is 6. The molecule has 8 nitrogen and oxygen atoms in total. The Morgan fingerprint density at radius 2 is 1.76 bits per heavy atom. The Morgan fingerprint density at radius 1 is 1.00 bits per heavy atom. The number of halogens is 4. The number of piperidine rings is 1. The molecule has 0 radical (unpaired) electrons. The highest BCUT2D eigenvalue weighted by atomic mass is 35.5. The number of hydrogen-bond acceptors (Lipinski definition) is 7. The van der Waals surface area contributed by atoms with Gasteiger partial charge in [0.15, 0.2) is 15.7 Å². The number of fused-ring (bicyclic) bond motifs is 3. The Hall–Kier alpha value is -2.70. The second-order valence-electron chi connectivity index (χ2n) is 9.86. The van der Waals surface area contributed by atoms with Gasteiger partial charge < -0.3 is 4.90 Å². The van der Waals surface area contributed by atoms with E-state index in [1.807, 2.05) is 23.1 Å². The number of alkyl halides is 3. The fourth-order valence-electron chi connectivity index (χ4n) is 5.45. The fourth-order valence-corrected chi connectivity index (χ4v) is 7.14. The van der Waals surface area contributed by atoms with Crippen LogP contribution in [0.3, 0.4) is 0 Å². The van der Waals surface area contributed by atoms with E-state index in [1.54, 1.807) is 6.07 Å². The first kappa shape index (κ1) is 24.6. The fraction of sp³-hybridized carbons (Fsp3) is 0.458. The number of anilines is 1. The van der Waals surface area contributed by atoms with Crippen molar-refractivity contribution in [1.82, 2.24) is 24.6 Å². The van der Waals surface area contributed by atoms with Gasteiger partial charge in [-0.2, -0.15) is 13.2 Å². The molecule has 3 aliphatic heterocycles. The first-order chi connectivity index (χ1) is 17.6. The maximum absolute atomic E-state index is 13.1. The molecule has 2 fully saturated rings. The van der Waals surface area contributed by atoms with Crippen LogP contribution in [0.2, 0.25) is 5.02 Å². The SMILES string of the molecule is O=S1(=O)CC(N2Cc3cc(Cl)ccc3-n3c(nnc3C3CCN(c4cccc(C(F)(F)F)n4)CC3)C2)C1. The lowest BCUT2D eigenvalue weighted by molar-refractivity contribution is -0.141. The van der Waals surface area contributed by atoms with Gasteiger partial charge >= 0.3 is 6.18 Å². The number of aromatic nitrogens is 4. The summed E-state index contributed by atoms with van der Waals surface area (Å²) in [5.41, 5.74) is 1.00. The highest BCUT2D eigenvalue weighted by Crippen LogP contribution is 2.36. The molecular weight excluding hydrogens is 529 g/mol. The zero-order valence-corrected chi connectivity index (χ0v) is 21.3.